The number of ether oxygens (including phenoxy) is 7. The van der Waals surface area contributed by atoms with Crippen LogP contribution in [0, 0.1) is 0 Å². The van der Waals surface area contributed by atoms with Gasteiger partial charge in [-0.2, -0.15) is 4.89 Å². The summed E-state index contributed by atoms with van der Waals surface area (Å²) in [5, 5.41) is 146. The first-order chi connectivity index (χ1) is 32.9. The molecule has 0 amide bonds. The van der Waals surface area contributed by atoms with Crippen molar-refractivity contribution < 1.29 is 124 Å². The van der Waals surface area contributed by atoms with Crippen LogP contribution in [-0.2, 0) is 33.5 Å². The summed E-state index contributed by atoms with van der Waals surface area (Å²) in [7, 11) is 1.05. The van der Waals surface area contributed by atoms with Gasteiger partial charge in [0.2, 0.25) is 29.5 Å². The van der Waals surface area contributed by atoms with Gasteiger partial charge in [0.05, 0.1) is 26.9 Å². The number of aliphatic hydroxyl groups is 10. The zero-order valence-corrected chi connectivity index (χ0v) is 35.7. The van der Waals surface area contributed by atoms with Crippen molar-refractivity contribution in [1.82, 2.24) is 0 Å². The van der Waals surface area contributed by atoms with E-state index in [4.69, 9.17) is 47.4 Å². The Morgan fingerprint density at radius 3 is 1.86 bits per heavy atom. The lowest BCUT2D eigenvalue weighted by Gasteiger charge is -2.46. The van der Waals surface area contributed by atoms with E-state index in [9.17, 15) is 81.1 Å². The van der Waals surface area contributed by atoms with Crippen molar-refractivity contribution >= 4 is 23.0 Å². The Balaban J connectivity index is 1.26. The number of hydrogen-bond acceptors (Lipinski definition) is 26. The number of fused-ring (bicyclic) bond motifs is 1. The maximum absolute atomic E-state index is 14.7. The zero-order chi connectivity index (χ0) is 50.0. The van der Waals surface area contributed by atoms with E-state index in [1.165, 1.54) is 30.3 Å². The second-order valence-electron chi connectivity index (χ2n) is 15.8. The van der Waals surface area contributed by atoms with Crippen molar-refractivity contribution in [3.8, 4) is 51.6 Å². The van der Waals surface area contributed by atoms with Crippen LogP contribution in [0.5, 0.6) is 40.2 Å². The van der Waals surface area contributed by atoms with E-state index in [1.54, 1.807) is 0 Å². The number of benzene rings is 3. The molecule has 26 heteroatoms. The third-order valence-electron chi connectivity index (χ3n) is 11.3. The van der Waals surface area contributed by atoms with Crippen molar-refractivity contribution in [3.05, 3.63) is 70.4 Å². The maximum Gasteiger partial charge on any atom is 0.365 e. The molecule has 26 nitrogen and oxygen atoms in total. The van der Waals surface area contributed by atoms with Crippen LogP contribution in [0.25, 0.3) is 28.4 Å². The summed E-state index contributed by atoms with van der Waals surface area (Å²) in [6.07, 6.45) is -26.7. The van der Waals surface area contributed by atoms with Crippen LogP contribution >= 0.6 is 0 Å². The van der Waals surface area contributed by atoms with Gasteiger partial charge in [-0.25, -0.2) is 4.79 Å². The first-order valence-electron chi connectivity index (χ1n) is 20.7. The fourth-order valence-corrected chi connectivity index (χ4v) is 7.54. The minimum atomic E-state index is -2.16. The minimum absolute atomic E-state index is 0.00821. The number of rotatable bonds is 15. The number of aromatic hydroxyl groups is 4. The van der Waals surface area contributed by atoms with E-state index in [0.717, 1.165) is 37.5 Å². The van der Waals surface area contributed by atoms with Crippen LogP contribution in [0.15, 0.2) is 63.8 Å². The van der Waals surface area contributed by atoms with Crippen molar-refractivity contribution in [2.24, 2.45) is 0 Å². The molecular weight excluding hydrogens is 932 g/mol. The monoisotopic (exact) mass is 980 g/mol. The smallest absolute Gasteiger partial charge is 0.365 e. The van der Waals surface area contributed by atoms with Crippen molar-refractivity contribution in [3.63, 3.8) is 0 Å². The summed E-state index contributed by atoms with van der Waals surface area (Å²) in [6, 6.07) is 9.48. The first kappa shape index (κ1) is 50.9. The number of methoxy groups -OCH3 is 1. The highest BCUT2D eigenvalue weighted by molar-refractivity contribution is 5.91. The topological polar surface area (TPSA) is 414 Å². The van der Waals surface area contributed by atoms with Crippen LogP contribution < -0.4 is 19.6 Å². The number of phenols is 4. The zero-order valence-electron chi connectivity index (χ0n) is 35.7. The van der Waals surface area contributed by atoms with Gasteiger partial charge < -0.3 is 109 Å². The van der Waals surface area contributed by atoms with Gasteiger partial charge in [0.25, 0.3) is 0 Å². The Morgan fingerprint density at radius 2 is 1.25 bits per heavy atom. The third-order valence-corrected chi connectivity index (χ3v) is 11.3. The summed E-state index contributed by atoms with van der Waals surface area (Å²) in [5.74, 6) is -5.78. The molecule has 0 aliphatic carbocycles. The standard InChI is InChI=1S/C43H48O26/c1-60-37-21(62-41-35(59)32(56)27(51)22(12-44)63-41)11-20-26(30(37)54)31(55)38(36(61-20)16-4-6-17(47)7-5-16)66-42-39(33(57)28(52)23(13-45)64-42)67-43-40(34(58)29(53)24(14-46)65-43)69-68-25(50)9-3-15-2-8-18(48)19(49)10-15/h2-11,22-24,27-29,32-35,39-49,51-54,56-59H,12-14H2,1H3/b9-3+/t22-,23-,24-,27-,28-,29-,32+,33+,34+,35-,39-,40-,41-,42+,43+/m1/s1. The fourth-order valence-electron chi connectivity index (χ4n) is 7.54. The van der Waals surface area contributed by atoms with E-state index >= 15 is 0 Å². The summed E-state index contributed by atoms with van der Waals surface area (Å²) in [5.41, 5.74) is -1.48. The summed E-state index contributed by atoms with van der Waals surface area (Å²) in [4.78, 5) is 37.3. The molecule has 3 aliphatic heterocycles. The SMILES string of the molecule is COc1c(O[C@@H]2O[C@H](CO)[C@@H](O)[C@H](O)[C@H]2O)cc2oc(-c3ccc(O)cc3)c(O[C@@H]3O[C@H](CO)[C@@H](O)[C@H](O)[C@H]3O[C@@H]3O[C@H](CO)[C@@H](O)[C@H](O)[C@H]3OOC(=O)/C=C/c3ccc(O)c(O)c3)c(=O)c2c1O. The minimum Gasteiger partial charge on any atom is -0.508 e. The molecule has 7 rings (SSSR count). The van der Waals surface area contributed by atoms with Gasteiger partial charge >= 0.3 is 5.97 Å². The molecule has 3 aromatic carbocycles. The Labute approximate surface area is 387 Å². The molecule has 3 fully saturated rings. The largest absolute Gasteiger partial charge is 0.508 e. The fraction of sp³-hybridized carbons (Fsp3) is 0.442. The predicted octanol–water partition coefficient (Wildman–Crippen LogP) is -3.33. The molecule has 0 bridgehead atoms. The van der Waals surface area contributed by atoms with E-state index in [-0.39, 0.29) is 16.9 Å². The van der Waals surface area contributed by atoms with Crippen LogP contribution in [0.4, 0.5) is 0 Å². The highest BCUT2D eigenvalue weighted by atomic mass is 17.2. The van der Waals surface area contributed by atoms with Gasteiger partial charge in [-0.05, 0) is 48.0 Å². The van der Waals surface area contributed by atoms with E-state index in [1.807, 2.05) is 0 Å². The molecule has 0 spiro atoms. The quantitative estimate of drug-likeness (QED) is 0.0240. The highest BCUT2D eigenvalue weighted by Gasteiger charge is 2.53. The second-order valence-corrected chi connectivity index (χ2v) is 15.8. The van der Waals surface area contributed by atoms with Crippen molar-refractivity contribution in [1.29, 1.82) is 0 Å². The number of aliphatic hydroxyl groups excluding tert-OH is 10. The highest BCUT2D eigenvalue weighted by Crippen LogP contribution is 2.46. The van der Waals surface area contributed by atoms with Gasteiger partial charge in [-0.15, -0.1) is 0 Å². The number of carbonyl (C=O) groups excluding carboxylic acids is 1. The Morgan fingerprint density at radius 1 is 0.652 bits per heavy atom. The average Bonchev–Trinajstić information content (AvgIpc) is 3.33. The third kappa shape index (κ3) is 10.4. The van der Waals surface area contributed by atoms with Crippen LogP contribution in [-0.4, -0.2) is 197 Å². The van der Waals surface area contributed by atoms with Gasteiger partial charge in [0.15, 0.2) is 47.3 Å². The van der Waals surface area contributed by atoms with Crippen LogP contribution in [0.3, 0.4) is 0 Å². The van der Waals surface area contributed by atoms with Crippen molar-refractivity contribution in [2.45, 2.75) is 92.1 Å². The summed E-state index contributed by atoms with van der Waals surface area (Å²) in [6.45, 7) is -2.75. The van der Waals surface area contributed by atoms with E-state index in [0.29, 0.717) is 0 Å². The lowest BCUT2D eigenvalue weighted by atomic mass is 9.97. The van der Waals surface area contributed by atoms with Gasteiger partial charge in [-0.1, -0.05) is 6.07 Å². The van der Waals surface area contributed by atoms with Crippen LogP contribution in [0.1, 0.15) is 5.56 Å². The van der Waals surface area contributed by atoms with Crippen molar-refractivity contribution in [2.75, 3.05) is 26.9 Å². The molecule has 4 heterocycles. The van der Waals surface area contributed by atoms with Crippen LogP contribution in [0.2, 0.25) is 0 Å². The summed E-state index contributed by atoms with van der Waals surface area (Å²) >= 11 is 0. The molecule has 4 aromatic rings. The van der Waals surface area contributed by atoms with E-state index in [2.05, 4.69) is 0 Å². The lowest BCUT2D eigenvalue weighted by molar-refractivity contribution is -0.407. The average molecular weight is 981 g/mol. The maximum atomic E-state index is 14.7. The molecule has 14 N–H and O–H groups in total. The number of hydrogen-bond donors (Lipinski definition) is 14. The Hall–Kier alpha value is -5.92. The molecule has 376 valence electrons. The Bertz CT molecular complexity index is 2510. The van der Waals surface area contributed by atoms with Gasteiger partial charge in [-0.3, -0.25) is 9.68 Å². The molecule has 0 saturated carbocycles. The van der Waals surface area contributed by atoms with Gasteiger partial charge in [0.1, 0.15) is 77.8 Å². The second kappa shape index (κ2) is 21.4. The predicted molar refractivity (Wildman–Crippen MR) is 223 cm³/mol. The lowest BCUT2D eigenvalue weighted by Crippen LogP contribution is -2.65. The van der Waals surface area contributed by atoms with E-state index < -0.39 is 175 Å². The number of phenolic OH excluding ortho intramolecular Hbond substituents is 4. The molecule has 0 unspecified atom stereocenters. The normalized spacial score (nSPS) is 31.7. The first-order valence-corrected chi connectivity index (χ1v) is 20.7. The summed E-state index contributed by atoms with van der Waals surface area (Å²) < 4.78 is 46.0. The molecule has 0 radical (unpaired) electrons. The molecule has 15 atom stereocenters. The molecule has 1 aromatic heterocycles. The Kier molecular flexibility index (Phi) is 15.8. The van der Waals surface area contributed by atoms with Gasteiger partial charge in [0, 0.05) is 17.7 Å². The molecule has 69 heavy (non-hydrogen) atoms. The molecule has 3 aliphatic rings. The number of carbonyl (C=O) groups is 1. The molecular formula is C43H48O26. The molecule has 3 saturated heterocycles.